The number of nitrogens with one attached hydrogen (secondary N) is 1. The lowest BCUT2D eigenvalue weighted by Crippen LogP contribution is -2.15. The average molecular weight is 203 g/mol. The first-order valence-electron chi connectivity index (χ1n) is 4.46. The number of rotatable bonds is 1. The number of benzene rings is 1. The molecule has 0 fully saturated rings. The Bertz CT molecular complexity index is 598. The van der Waals surface area contributed by atoms with E-state index in [1.165, 1.54) is 0 Å². The first-order chi connectivity index (χ1) is 7.11. The number of aryl methyl sites for hydroxylation is 1. The van der Waals surface area contributed by atoms with E-state index >= 15 is 0 Å². The zero-order valence-electron chi connectivity index (χ0n) is 8.07. The SMILES string of the molecule is Cc1c(C(=O)O)[nH]c(=O)c2ccccc12. The quantitative estimate of drug-likeness (QED) is 0.738. The molecular formula is C11H9NO3. The normalized spacial score (nSPS) is 10.5. The predicted molar refractivity (Wildman–Crippen MR) is 56.3 cm³/mol. The van der Waals surface area contributed by atoms with E-state index < -0.39 is 5.97 Å². The van der Waals surface area contributed by atoms with Crippen LogP contribution in [0.1, 0.15) is 16.1 Å². The highest BCUT2D eigenvalue weighted by molar-refractivity contribution is 5.95. The number of carboxylic acid groups (broad SMARTS) is 1. The van der Waals surface area contributed by atoms with Crippen LogP contribution in [0.15, 0.2) is 29.1 Å². The lowest BCUT2D eigenvalue weighted by molar-refractivity contribution is 0.0689. The lowest BCUT2D eigenvalue weighted by atomic mass is 10.1. The standard InChI is InChI=1S/C11H9NO3/c1-6-7-4-2-3-5-8(7)10(13)12-9(6)11(14)15/h2-5H,1H3,(H,12,13)(H,14,15). The molecule has 0 aliphatic rings. The summed E-state index contributed by atoms with van der Waals surface area (Å²) in [5.41, 5.74) is 0.171. The molecule has 4 heteroatoms. The van der Waals surface area contributed by atoms with E-state index in [9.17, 15) is 9.59 Å². The number of H-pyrrole nitrogens is 1. The maximum absolute atomic E-state index is 11.5. The summed E-state index contributed by atoms with van der Waals surface area (Å²) in [5.74, 6) is -1.12. The smallest absolute Gasteiger partial charge is 0.352 e. The zero-order valence-corrected chi connectivity index (χ0v) is 8.07. The molecular weight excluding hydrogens is 194 g/mol. The fraction of sp³-hybridized carbons (Fsp3) is 0.0909. The summed E-state index contributed by atoms with van der Waals surface area (Å²) in [5, 5.41) is 10.1. The van der Waals surface area contributed by atoms with Crippen molar-refractivity contribution in [2.24, 2.45) is 0 Å². The summed E-state index contributed by atoms with van der Waals surface area (Å²) in [7, 11) is 0. The van der Waals surface area contributed by atoms with E-state index in [4.69, 9.17) is 5.11 Å². The molecule has 0 radical (unpaired) electrons. The summed E-state index contributed by atoms with van der Waals surface area (Å²) in [4.78, 5) is 24.7. The molecule has 0 spiro atoms. The number of aromatic amines is 1. The molecule has 2 rings (SSSR count). The topological polar surface area (TPSA) is 70.2 Å². The van der Waals surface area contributed by atoms with E-state index in [2.05, 4.69) is 4.98 Å². The van der Waals surface area contributed by atoms with Crippen LogP contribution >= 0.6 is 0 Å². The van der Waals surface area contributed by atoms with Crippen LogP contribution in [-0.4, -0.2) is 16.1 Å². The van der Waals surface area contributed by atoms with Gasteiger partial charge in [-0.15, -0.1) is 0 Å². The summed E-state index contributed by atoms with van der Waals surface area (Å²) in [6.45, 7) is 1.68. The van der Waals surface area contributed by atoms with Crippen molar-refractivity contribution in [3.63, 3.8) is 0 Å². The van der Waals surface area contributed by atoms with Crippen LogP contribution in [0.5, 0.6) is 0 Å². The van der Waals surface area contributed by atoms with Crippen LogP contribution in [0, 0.1) is 6.92 Å². The minimum absolute atomic E-state index is 0.0429. The monoisotopic (exact) mass is 203 g/mol. The molecule has 0 unspecified atom stereocenters. The molecule has 1 aromatic carbocycles. The molecule has 0 aliphatic carbocycles. The predicted octanol–water partition coefficient (Wildman–Crippen LogP) is 1.53. The molecule has 0 saturated heterocycles. The van der Waals surface area contributed by atoms with Gasteiger partial charge >= 0.3 is 5.97 Å². The van der Waals surface area contributed by atoms with Gasteiger partial charge in [-0.2, -0.15) is 0 Å². The molecule has 0 saturated carbocycles. The highest BCUT2D eigenvalue weighted by atomic mass is 16.4. The molecule has 0 bridgehead atoms. The minimum atomic E-state index is -1.12. The molecule has 76 valence electrons. The Kier molecular flexibility index (Phi) is 2.04. The number of pyridine rings is 1. The fourth-order valence-electron chi connectivity index (χ4n) is 1.63. The van der Waals surface area contributed by atoms with Crippen LogP contribution in [0.3, 0.4) is 0 Å². The minimum Gasteiger partial charge on any atom is -0.477 e. The summed E-state index contributed by atoms with van der Waals surface area (Å²) < 4.78 is 0. The number of aromatic carboxylic acids is 1. The molecule has 2 aromatic rings. The lowest BCUT2D eigenvalue weighted by Gasteiger charge is -2.04. The van der Waals surface area contributed by atoms with Crippen LogP contribution in [0.2, 0.25) is 0 Å². The van der Waals surface area contributed by atoms with Crippen molar-refractivity contribution in [2.45, 2.75) is 6.92 Å². The van der Waals surface area contributed by atoms with Crippen molar-refractivity contribution in [3.05, 3.63) is 45.9 Å². The molecule has 1 aromatic heterocycles. The Hall–Kier alpha value is -2.10. The van der Waals surface area contributed by atoms with Gasteiger partial charge in [0.05, 0.1) is 0 Å². The molecule has 15 heavy (non-hydrogen) atoms. The number of fused-ring (bicyclic) bond motifs is 1. The summed E-state index contributed by atoms with van der Waals surface area (Å²) >= 11 is 0. The van der Waals surface area contributed by atoms with E-state index in [0.29, 0.717) is 16.3 Å². The Balaban J connectivity index is 2.97. The fourth-order valence-corrected chi connectivity index (χ4v) is 1.63. The second-order valence-corrected chi connectivity index (χ2v) is 3.30. The van der Waals surface area contributed by atoms with E-state index in [0.717, 1.165) is 0 Å². The van der Waals surface area contributed by atoms with E-state index in [1.54, 1.807) is 31.2 Å². The Labute approximate surface area is 85.2 Å². The van der Waals surface area contributed by atoms with Crippen LogP contribution in [0.4, 0.5) is 0 Å². The van der Waals surface area contributed by atoms with Gasteiger partial charge in [-0.05, 0) is 23.9 Å². The Morgan fingerprint density at radius 1 is 1.27 bits per heavy atom. The maximum atomic E-state index is 11.5. The van der Waals surface area contributed by atoms with Gasteiger partial charge in [0.25, 0.3) is 5.56 Å². The number of carbonyl (C=O) groups is 1. The van der Waals surface area contributed by atoms with Crippen molar-refractivity contribution in [1.29, 1.82) is 0 Å². The van der Waals surface area contributed by atoms with Crippen molar-refractivity contribution in [1.82, 2.24) is 4.98 Å². The number of hydrogen-bond acceptors (Lipinski definition) is 2. The average Bonchev–Trinajstić information content (AvgIpc) is 2.23. The van der Waals surface area contributed by atoms with Gasteiger partial charge in [0.2, 0.25) is 0 Å². The first-order valence-corrected chi connectivity index (χ1v) is 4.46. The van der Waals surface area contributed by atoms with Gasteiger partial charge in [-0.3, -0.25) is 4.79 Å². The summed E-state index contributed by atoms with van der Waals surface area (Å²) in [6.07, 6.45) is 0. The van der Waals surface area contributed by atoms with Gasteiger partial charge in [0, 0.05) is 5.39 Å². The number of aromatic nitrogens is 1. The molecule has 2 N–H and O–H groups in total. The van der Waals surface area contributed by atoms with Crippen LogP contribution < -0.4 is 5.56 Å². The third-order valence-electron chi connectivity index (χ3n) is 2.40. The van der Waals surface area contributed by atoms with Crippen LogP contribution in [-0.2, 0) is 0 Å². The molecule has 1 heterocycles. The van der Waals surface area contributed by atoms with Gasteiger partial charge in [0.1, 0.15) is 5.69 Å². The highest BCUT2D eigenvalue weighted by Gasteiger charge is 2.12. The summed E-state index contributed by atoms with van der Waals surface area (Å²) in [6, 6.07) is 6.94. The van der Waals surface area contributed by atoms with Crippen molar-refractivity contribution in [2.75, 3.05) is 0 Å². The van der Waals surface area contributed by atoms with Gasteiger partial charge < -0.3 is 10.1 Å². The third-order valence-corrected chi connectivity index (χ3v) is 2.40. The van der Waals surface area contributed by atoms with Crippen molar-refractivity contribution >= 4 is 16.7 Å². The van der Waals surface area contributed by atoms with E-state index in [1.807, 2.05) is 0 Å². The zero-order chi connectivity index (χ0) is 11.0. The van der Waals surface area contributed by atoms with Gasteiger partial charge in [-0.1, -0.05) is 18.2 Å². The molecule has 0 atom stereocenters. The second-order valence-electron chi connectivity index (χ2n) is 3.30. The van der Waals surface area contributed by atoms with Crippen molar-refractivity contribution in [3.8, 4) is 0 Å². The Morgan fingerprint density at radius 3 is 2.47 bits per heavy atom. The largest absolute Gasteiger partial charge is 0.477 e. The van der Waals surface area contributed by atoms with E-state index in [-0.39, 0.29) is 11.3 Å². The highest BCUT2D eigenvalue weighted by Crippen LogP contribution is 2.16. The van der Waals surface area contributed by atoms with Gasteiger partial charge in [0.15, 0.2) is 0 Å². The molecule has 0 amide bonds. The number of carboxylic acids is 1. The number of hydrogen-bond donors (Lipinski definition) is 2. The van der Waals surface area contributed by atoms with Gasteiger partial charge in [-0.25, -0.2) is 4.79 Å². The van der Waals surface area contributed by atoms with Crippen molar-refractivity contribution < 1.29 is 9.90 Å². The molecule has 4 nitrogen and oxygen atoms in total. The Morgan fingerprint density at radius 2 is 1.87 bits per heavy atom. The second kappa shape index (κ2) is 3.24. The first kappa shape index (κ1) is 9.45. The molecule has 0 aliphatic heterocycles. The van der Waals surface area contributed by atoms with Crippen LogP contribution in [0.25, 0.3) is 10.8 Å². The third kappa shape index (κ3) is 1.40. The maximum Gasteiger partial charge on any atom is 0.352 e.